The number of hydrogen-bond donors (Lipinski definition) is 2. The molecule has 0 fully saturated rings. The van der Waals surface area contributed by atoms with Crippen LogP contribution >= 0.6 is 0 Å². The molecule has 2 rings (SSSR count). The second-order valence-electron chi connectivity index (χ2n) is 7.43. The van der Waals surface area contributed by atoms with Crippen molar-refractivity contribution in [3.8, 4) is 0 Å². The summed E-state index contributed by atoms with van der Waals surface area (Å²) in [6.07, 6.45) is 0. The zero-order valence-electron chi connectivity index (χ0n) is 16.7. The minimum absolute atomic E-state index is 0.0560. The van der Waals surface area contributed by atoms with E-state index >= 15 is 0 Å². The molecule has 0 heterocycles. The van der Waals surface area contributed by atoms with Crippen molar-refractivity contribution in [1.29, 1.82) is 0 Å². The van der Waals surface area contributed by atoms with Crippen molar-refractivity contribution in [2.24, 2.45) is 5.92 Å². The normalized spacial score (nSPS) is 12.2. The van der Waals surface area contributed by atoms with Crippen LogP contribution in [0.2, 0.25) is 0 Å². The van der Waals surface area contributed by atoms with Gasteiger partial charge >= 0.3 is 0 Å². The van der Waals surface area contributed by atoms with Gasteiger partial charge in [0.2, 0.25) is 0 Å². The molecule has 150 valence electrons. The van der Waals surface area contributed by atoms with Gasteiger partial charge in [-0.2, -0.15) is 0 Å². The van der Waals surface area contributed by atoms with Gasteiger partial charge in [0.25, 0.3) is 11.6 Å². The third-order valence-corrected chi connectivity index (χ3v) is 4.77. The van der Waals surface area contributed by atoms with E-state index in [1.54, 1.807) is 24.5 Å². The monoisotopic (exact) mass is 385 g/mol. The fourth-order valence-electron chi connectivity index (χ4n) is 3.32. The zero-order chi connectivity index (χ0) is 20.8. The molecule has 0 unspecified atom stereocenters. The van der Waals surface area contributed by atoms with Crippen LogP contribution < -0.4 is 5.48 Å². The summed E-state index contributed by atoms with van der Waals surface area (Å²) < 4.78 is 0. The van der Waals surface area contributed by atoms with Gasteiger partial charge in [-0.25, -0.2) is 5.48 Å². The minimum atomic E-state index is -0.591. The van der Waals surface area contributed by atoms with Crippen molar-refractivity contribution < 1.29 is 14.9 Å². The SMILES string of the molecule is Cc1ccc(CN(Cc2ccc(C)c([N+](=O)[O-])c2)[C@@H](C(=O)NO)C(C)C)cc1. The maximum absolute atomic E-state index is 12.3. The van der Waals surface area contributed by atoms with Gasteiger partial charge in [-0.3, -0.25) is 25.0 Å². The average molecular weight is 385 g/mol. The summed E-state index contributed by atoms with van der Waals surface area (Å²) in [6.45, 7) is 8.31. The number of hydroxylamine groups is 1. The number of hydrogen-bond acceptors (Lipinski definition) is 5. The van der Waals surface area contributed by atoms with Gasteiger partial charge in [0.15, 0.2) is 0 Å². The molecule has 1 atom stereocenters. The van der Waals surface area contributed by atoms with Gasteiger partial charge in [0, 0.05) is 24.7 Å². The van der Waals surface area contributed by atoms with Gasteiger partial charge in [-0.15, -0.1) is 0 Å². The number of nitrogens with one attached hydrogen (secondary N) is 1. The molecule has 0 bridgehead atoms. The first-order valence-corrected chi connectivity index (χ1v) is 9.20. The van der Waals surface area contributed by atoms with E-state index in [0.29, 0.717) is 18.7 Å². The lowest BCUT2D eigenvalue weighted by atomic mass is 9.99. The number of aryl methyl sites for hydroxylation is 2. The summed E-state index contributed by atoms with van der Waals surface area (Å²) in [5.41, 5.74) is 5.29. The summed E-state index contributed by atoms with van der Waals surface area (Å²) in [5.74, 6) is -0.568. The largest absolute Gasteiger partial charge is 0.289 e. The van der Waals surface area contributed by atoms with Gasteiger partial charge in [0.1, 0.15) is 0 Å². The smallest absolute Gasteiger partial charge is 0.272 e. The van der Waals surface area contributed by atoms with Gasteiger partial charge in [-0.05, 0) is 30.9 Å². The number of nitro benzene ring substituents is 1. The van der Waals surface area contributed by atoms with Crippen LogP contribution in [0, 0.1) is 29.9 Å². The van der Waals surface area contributed by atoms with E-state index in [4.69, 9.17) is 0 Å². The summed E-state index contributed by atoms with van der Waals surface area (Å²) in [7, 11) is 0. The third kappa shape index (κ3) is 5.37. The Hall–Kier alpha value is -2.77. The molecule has 2 N–H and O–H groups in total. The highest BCUT2D eigenvalue weighted by atomic mass is 16.6. The number of nitrogens with zero attached hydrogens (tertiary/aromatic N) is 2. The number of amides is 1. The zero-order valence-corrected chi connectivity index (χ0v) is 16.7. The Kier molecular flexibility index (Phi) is 7.25. The Balaban J connectivity index is 2.39. The maximum atomic E-state index is 12.3. The van der Waals surface area contributed by atoms with E-state index in [0.717, 1.165) is 16.7 Å². The van der Waals surface area contributed by atoms with Crippen molar-refractivity contribution >= 4 is 11.6 Å². The Labute approximate surface area is 165 Å². The lowest BCUT2D eigenvalue weighted by Crippen LogP contribution is -2.48. The first kappa shape index (κ1) is 21.5. The van der Waals surface area contributed by atoms with Crippen LogP contribution in [-0.2, 0) is 17.9 Å². The molecule has 1 amide bonds. The van der Waals surface area contributed by atoms with Crippen LogP contribution in [0.4, 0.5) is 5.69 Å². The average Bonchev–Trinajstić information content (AvgIpc) is 2.64. The van der Waals surface area contributed by atoms with Gasteiger partial charge in [-0.1, -0.05) is 55.8 Å². The minimum Gasteiger partial charge on any atom is -0.289 e. The third-order valence-electron chi connectivity index (χ3n) is 4.77. The number of rotatable bonds is 8. The first-order chi connectivity index (χ1) is 13.2. The van der Waals surface area contributed by atoms with E-state index in [-0.39, 0.29) is 11.6 Å². The predicted molar refractivity (Wildman–Crippen MR) is 107 cm³/mol. The van der Waals surface area contributed by atoms with Crippen LogP contribution in [0.15, 0.2) is 42.5 Å². The Bertz CT molecular complexity index is 834. The Morgan fingerprint density at radius 3 is 2.21 bits per heavy atom. The van der Waals surface area contributed by atoms with E-state index in [2.05, 4.69) is 0 Å². The maximum Gasteiger partial charge on any atom is 0.272 e. The van der Waals surface area contributed by atoms with Crippen LogP contribution in [0.25, 0.3) is 0 Å². The molecule has 2 aromatic carbocycles. The van der Waals surface area contributed by atoms with Crippen molar-refractivity contribution in [2.75, 3.05) is 0 Å². The Morgan fingerprint density at radius 2 is 1.68 bits per heavy atom. The van der Waals surface area contributed by atoms with Crippen LogP contribution in [0.5, 0.6) is 0 Å². The van der Waals surface area contributed by atoms with Gasteiger partial charge in [0.05, 0.1) is 11.0 Å². The van der Waals surface area contributed by atoms with Gasteiger partial charge < -0.3 is 0 Å². The number of nitro groups is 1. The lowest BCUT2D eigenvalue weighted by molar-refractivity contribution is -0.385. The molecule has 0 aliphatic heterocycles. The summed E-state index contributed by atoms with van der Waals surface area (Å²) in [4.78, 5) is 25.1. The highest BCUT2D eigenvalue weighted by Gasteiger charge is 2.29. The molecular weight excluding hydrogens is 358 g/mol. The molecule has 0 aliphatic rings. The van der Waals surface area contributed by atoms with Crippen molar-refractivity contribution in [3.63, 3.8) is 0 Å². The van der Waals surface area contributed by atoms with E-state index in [1.807, 2.05) is 56.0 Å². The number of carbonyl (C=O) groups is 1. The van der Waals surface area contributed by atoms with E-state index < -0.39 is 16.9 Å². The first-order valence-electron chi connectivity index (χ1n) is 9.20. The number of carbonyl (C=O) groups excluding carboxylic acids is 1. The van der Waals surface area contributed by atoms with Crippen molar-refractivity contribution in [1.82, 2.24) is 10.4 Å². The fourth-order valence-corrected chi connectivity index (χ4v) is 3.32. The molecule has 0 saturated heterocycles. The molecule has 28 heavy (non-hydrogen) atoms. The molecule has 0 radical (unpaired) electrons. The highest BCUT2D eigenvalue weighted by Crippen LogP contribution is 2.23. The molecule has 7 heteroatoms. The standard InChI is InChI=1S/C21H27N3O4/c1-14(2)20(21(25)22-26)23(12-17-8-5-15(3)6-9-17)13-18-10-7-16(4)19(11-18)24(27)28/h5-11,14,20,26H,12-13H2,1-4H3,(H,22,25)/t20-/m1/s1. The molecule has 7 nitrogen and oxygen atoms in total. The molecule has 2 aromatic rings. The lowest BCUT2D eigenvalue weighted by Gasteiger charge is -2.33. The highest BCUT2D eigenvalue weighted by molar-refractivity contribution is 5.80. The molecule has 0 saturated carbocycles. The van der Waals surface area contributed by atoms with Crippen LogP contribution in [0.1, 0.15) is 36.1 Å². The molecule has 0 spiro atoms. The summed E-state index contributed by atoms with van der Waals surface area (Å²) >= 11 is 0. The predicted octanol–water partition coefficient (Wildman–Crippen LogP) is 3.74. The second-order valence-corrected chi connectivity index (χ2v) is 7.43. The topological polar surface area (TPSA) is 95.7 Å². The Morgan fingerprint density at radius 1 is 1.11 bits per heavy atom. The summed E-state index contributed by atoms with van der Waals surface area (Å²) in [5, 5.41) is 20.5. The molecular formula is C21H27N3O4. The van der Waals surface area contributed by atoms with Crippen LogP contribution in [0.3, 0.4) is 0 Å². The molecule has 0 aromatic heterocycles. The van der Waals surface area contributed by atoms with Crippen molar-refractivity contribution in [2.45, 2.75) is 46.8 Å². The van der Waals surface area contributed by atoms with Crippen LogP contribution in [-0.4, -0.2) is 27.0 Å². The fraction of sp³-hybridized carbons (Fsp3) is 0.381. The second kappa shape index (κ2) is 9.43. The van der Waals surface area contributed by atoms with E-state index in [1.165, 1.54) is 0 Å². The van der Waals surface area contributed by atoms with E-state index in [9.17, 15) is 20.1 Å². The summed E-state index contributed by atoms with van der Waals surface area (Å²) in [6, 6.07) is 12.5. The molecule has 0 aliphatic carbocycles. The quantitative estimate of drug-likeness (QED) is 0.410. The van der Waals surface area contributed by atoms with Crippen molar-refractivity contribution in [3.05, 3.63) is 74.8 Å². The number of benzene rings is 2.